The molecule has 0 bridgehead atoms. The van der Waals surface area contributed by atoms with E-state index in [1.54, 1.807) is 11.0 Å². The minimum Gasteiger partial charge on any atom is -0.382 e. The molecular weight excluding hydrogens is 288 g/mol. The zero-order valence-corrected chi connectivity index (χ0v) is 13.2. The zero-order chi connectivity index (χ0) is 15.2. The number of ether oxygens (including phenoxy) is 1. The maximum Gasteiger partial charge on any atom is 0.268 e. The van der Waals surface area contributed by atoms with Crippen molar-refractivity contribution in [2.75, 3.05) is 50.0 Å². The first-order valence-corrected chi connectivity index (χ1v) is 7.98. The van der Waals surface area contributed by atoms with Gasteiger partial charge in [0.15, 0.2) is 5.13 Å². The lowest BCUT2D eigenvalue weighted by Crippen LogP contribution is -2.36. The average Bonchev–Trinajstić information content (AvgIpc) is 2.89. The number of rotatable bonds is 6. The smallest absolute Gasteiger partial charge is 0.268 e. The highest BCUT2D eigenvalue weighted by Crippen LogP contribution is 2.29. The summed E-state index contributed by atoms with van der Waals surface area (Å²) in [7, 11) is 0. The molecule has 0 atom stereocenters. The van der Waals surface area contributed by atoms with Gasteiger partial charge < -0.3 is 20.3 Å². The van der Waals surface area contributed by atoms with Gasteiger partial charge in [0, 0.05) is 26.2 Å². The molecule has 1 fully saturated rings. The first-order chi connectivity index (χ1) is 10.2. The van der Waals surface area contributed by atoms with E-state index in [2.05, 4.69) is 16.5 Å². The summed E-state index contributed by atoms with van der Waals surface area (Å²) >= 11 is 1.36. The minimum atomic E-state index is -0.0636. The Kier molecular flexibility index (Phi) is 5.58. The van der Waals surface area contributed by atoms with Crippen molar-refractivity contribution < 1.29 is 9.53 Å². The van der Waals surface area contributed by atoms with Crippen LogP contribution in [0.5, 0.6) is 0 Å². The molecule has 21 heavy (non-hydrogen) atoms. The summed E-state index contributed by atoms with van der Waals surface area (Å²) in [5, 5.41) is 0.800. The lowest BCUT2D eigenvalue weighted by molar-refractivity contribution is 0.0779. The van der Waals surface area contributed by atoms with Crippen molar-refractivity contribution in [2.24, 2.45) is 0 Å². The van der Waals surface area contributed by atoms with Crippen molar-refractivity contribution in [2.45, 2.75) is 13.3 Å². The lowest BCUT2D eigenvalue weighted by Gasteiger charge is -2.26. The third kappa shape index (κ3) is 3.74. The number of carbonyl (C=O) groups excluding carboxylic acids is 1. The Hall–Kier alpha value is -1.60. The third-order valence-electron chi connectivity index (χ3n) is 3.25. The summed E-state index contributed by atoms with van der Waals surface area (Å²) in [5.41, 5.74) is 5.95. The van der Waals surface area contributed by atoms with Crippen molar-refractivity contribution in [1.29, 1.82) is 0 Å². The summed E-state index contributed by atoms with van der Waals surface area (Å²) in [4.78, 5) is 21.3. The monoisotopic (exact) mass is 310 g/mol. The van der Waals surface area contributed by atoms with E-state index in [0.29, 0.717) is 37.0 Å². The van der Waals surface area contributed by atoms with E-state index in [9.17, 15) is 4.79 Å². The second kappa shape index (κ2) is 7.42. The van der Waals surface area contributed by atoms with Gasteiger partial charge in [-0.25, -0.2) is 4.98 Å². The Balaban J connectivity index is 2.16. The highest BCUT2D eigenvalue weighted by Gasteiger charge is 2.23. The Morgan fingerprint density at radius 1 is 1.57 bits per heavy atom. The van der Waals surface area contributed by atoms with Gasteiger partial charge in [-0.1, -0.05) is 24.3 Å². The first kappa shape index (κ1) is 15.8. The molecule has 1 aromatic rings. The van der Waals surface area contributed by atoms with Crippen LogP contribution in [0, 0.1) is 0 Å². The summed E-state index contributed by atoms with van der Waals surface area (Å²) in [6.07, 6.45) is 2.63. The molecule has 0 unspecified atom stereocenters. The number of nitrogens with two attached hydrogens (primary N) is 1. The van der Waals surface area contributed by atoms with Crippen molar-refractivity contribution in [3.05, 3.63) is 17.5 Å². The summed E-state index contributed by atoms with van der Waals surface area (Å²) < 4.78 is 5.33. The van der Waals surface area contributed by atoms with Crippen LogP contribution in [0.3, 0.4) is 0 Å². The van der Waals surface area contributed by atoms with Crippen LogP contribution in [0.25, 0.3) is 0 Å². The number of anilines is 2. The van der Waals surface area contributed by atoms with E-state index in [1.807, 2.05) is 6.92 Å². The number of thiazole rings is 1. The topological polar surface area (TPSA) is 71.7 Å². The van der Waals surface area contributed by atoms with Crippen molar-refractivity contribution in [1.82, 2.24) is 9.88 Å². The minimum absolute atomic E-state index is 0.0636. The Morgan fingerprint density at radius 3 is 2.90 bits per heavy atom. The van der Waals surface area contributed by atoms with Crippen LogP contribution in [-0.2, 0) is 4.74 Å². The molecule has 0 aromatic carbocycles. The van der Waals surface area contributed by atoms with Gasteiger partial charge in [-0.3, -0.25) is 4.79 Å². The second-order valence-electron chi connectivity index (χ2n) is 4.85. The van der Waals surface area contributed by atoms with Gasteiger partial charge >= 0.3 is 0 Å². The number of nitrogen functional groups attached to an aromatic ring is 1. The van der Waals surface area contributed by atoms with Gasteiger partial charge in [0.25, 0.3) is 5.91 Å². The Labute approximate surface area is 129 Å². The van der Waals surface area contributed by atoms with Gasteiger partial charge in [0.1, 0.15) is 10.7 Å². The predicted molar refractivity (Wildman–Crippen MR) is 85.9 cm³/mol. The fraction of sp³-hybridized carbons (Fsp3) is 0.571. The normalized spacial score (nSPS) is 15.0. The number of morpholine rings is 1. The number of carbonyl (C=O) groups is 1. The molecule has 6 nitrogen and oxygen atoms in total. The number of amides is 1. The van der Waals surface area contributed by atoms with E-state index < -0.39 is 0 Å². The van der Waals surface area contributed by atoms with Gasteiger partial charge in [0.2, 0.25) is 0 Å². The molecule has 2 heterocycles. The fourth-order valence-electron chi connectivity index (χ4n) is 2.21. The van der Waals surface area contributed by atoms with E-state index >= 15 is 0 Å². The van der Waals surface area contributed by atoms with Crippen LogP contribution >= 0.6 is 11.3 Å². The van der Waals surface area contributed by atoms with Crippen LogP contribution < -0.4 is 10.6 Å². The molecular formula is C14H22N4O2S. The van der Waals surface area contributed by atoms with E-state index in [1.165, 1.54) is 11.3 Å². The van der Waals surface area contributed by atoms with Gasteiger partial charge in [0.05, 0.1) is 13.2 Å². The van der Waals surface area contributed by atoms with Gasteiger partial charge in [-0.05, 0) is 6.42 Å². The fourth-order valence-corrected chi connectivity index (χ4v) is 3.21. The van der Waals surface area contributed by atoms with Crippen LogP contribution in [0.4, 0.5) is 10.9 Å². The quantitative estimate of drug-likeness (QED) is 0.808. The second-order valence-corrected chi connectivity index (χ2v) is 5.83. The molecule has 2 rings (SSSR count). The molecule has 116 valence electrons. The molecule has 1 saturated heterocycles. The Bertz CT molecular complexity index is 497. The van der Waals surface area contributed by atoms with Crippen molar-refractivity contribution in [3.8, 4) is 0 Å². The van der Waals surface area contributed by atoms with Crippen LogP contribution in [0.1, 0.15) is 23.0 Å². The van der Waals surface area contributed by atoms with Crippen LogP contribution in [0.2, 0.25) is 0 Å². The highest BCUT2D eigenvalue weighted by molar-refractivity contribution is 7.18. The number of hydrogen-bond donors (Lipinski definition) is 1. The molecule has 0 radical (unpaired) electrons. The van der Waals surface area contributed by atoms with E-state index in [4.69, 9.17) is 10.5 Å². The summed E-state index contributed by atoms with van der Waals surface area (Å²) in [6, 6.07) is 0. The van der Waals surface area contributed by atoms with Crippen molar-refractivity contribution >= 4 is 28.2 Å². The summed E-state index contributed by atoms with van der Waals surface area (Å²) in [6.45, 7) is 9.89. The van der Waals surface area contributed by atoms with Gasteiger partial charge in [-0.2, -0.15) is 0 Å². The van der Waals surface area contributed by atoms with Crippen molar-refractivity contribution in [3.63, 3.8) is 0 Å². The van der Waals surface area contributed by atoms with E-state index in [-0.39, 0.29) is 5.91 Å². The average molecular weight is 310 g/mol. The predicted octanol–water partition coefficient (Wildman–Crippen LogP) is 1.60. The molecule has 0 saturated carbocycles. The molecule has 2 N–H and O–H groups in total. The largest absolute Gasteiger partial charge is 0.382 e. The number of nitrogens with zero attached hydrogens (tertiary/aromatic N) is 3. The maximum absolute atomic E-state index is 12.6. The molecule has 1 aromatic heterocycles. The standard InChI is InChI=1S/C14H22N4O2S/c1-3-5-17(6-4-2)13(19)11-12(15)16-14(21-11)18-7-9-20-10-8-18/h3H,1,4-10,15H2,2H3. The number of hydrogen-bond acceptors (Lipinski definition) is 6. The Morgan fingerprint density at radius 2 is 2.29 bits per heavy atom. The lowest BCUT2D eigenvalue weighted by atomic mass is 10.3. The number of aromatic nitrogens is 1. The SMILES string of the molecule is C=CCN(CCC)C(=O)c1sc(N2CCOCC2)nc1N. The molecule has 0 aliphatic carbocycles. The molecule has 1 aliphatic heterocycles. The van der Waals surface area contributed by atoms with Crippen LogP contribution in [0.15, 0.2) is 12.7 Å². The highest BCUT2D eigenvalue weighted by atomic mass is 32.1. The molecule has 1 amide bonds. The zero-order valence-electron chi connectivity index (χ0n) is 12.4. The van der Waals surface area contributed by atoms with Gasteiger partial charge in [-0.15, -0.1) is 6.58 Å². The first-order valence-electron chi connectivity index (χ1n) is 7.16. The van der Waals surface area contributed by atoms with E-state index in [0.717, 1.165) is 24.6 Å². The van der Waals surface area contributed by atoms with Crippen LogP contribution in [-0.4, -0.2) is 55.2 Å². The maximum atomic E-state index is 12.6. The molecule has 7 heteroatoms. The molecule has 1 aliphatic rings. The summed E-state index contributed by atoms with van der Waals surface area (Å²) in [5.74, 6) is 0.253. The third-order valence-corrected chi connectivity index (χ3v) is 4.37. The molecule has 0 spiro atoms.